The molecule has 3 heterocycles. The minimum atomic E-state index is 0.121. The average molecular weight is 550 g/mol. The third-order valence-corrected chi connectivity index (χ3v) is 8.75. The zero-order valence-electron chi connectivity index (χ0n) is 22.1. The number of carbonyl (C=O) groups is 1. The molecular formula is C30H36ClN5OS. The molecule has 38 heavy (non-hydrogen) atoms. The molecule has 2 fully saturated rings. The summed E-state index contributed by atoms with van der Waals surface area (Å²) in [6.07, 6.45) is 3.44. The number of piperazine rings is 1. The van der Waals surface area contributed by atoms with Crippen LogP contribution in [0.1, 0.15) is 41.3 Å². The van der Waals surface area contributed by atoms with Crippen LogP contribution in [0.5, 0.6) is 0 Å². The summed E-state index contributed by atoms with van der Waals surface area (Å²) in [5, 5.41) is 1.17. The first-order chi connectivity index (χ1) is 18.6. The van der Waals surface area contributed by atoms with E-state index < -0.39 is 0 Å². The van der Waals surface area contributed by atoms with Crippen molar-refractivity contribution in [2.24, 2.45) is 5.92 Å². The highest BCUT2D eigenvalue weighted by Gasteiger charge is 2.22. The van der Waals surface area contributed by atoms with Gasteiger partial charge in [0.05, 0.1) is 0 Å². The summed E-state index contributed by atoms with van der Waals surface area (Å²) in [7, 11) is 0. The van der Waals surface area contributed by atoms with E-state index in [9.17, 15) is 4.79 Å². The van der Waals surface area contributed by atoms with E-state index in [-0.39, 0.29) is 5.91 Å². The molecule has 0 spiro atoms. The van der Waals surface area contributed by atoms with Crippen LogP contribution in [0.2, 0.25) is 5.15 Å². The first-order valence-corrected chi connectivity index (χ1v) is 15.0. The van der Waals surface area contributed by atoms with E-state index in [0.29, 0.717) is 16.2 Å². The molecule has 2 aromatic carbocycles. The SMILES string of the molecule is CCN1CCN(C(=O)c2ccc(CSc3nc(Cl)cc(N4CCC(Cc5ccccc5)CC4)n3)cc2)CC1. The van der Waals surface area contributed by atoms with Gasteiger partial charge in [-0.25, -0.2) is 9.97 Å². The molecule has 0 aliphatic carbocycles. The van der Waals surface area contributed by atoms with E-state index in [4.69, 9.17) is 16.6 Å². The van der Waals surface area contributed by atoms with Crippen LogP contribution in [-0.2, 0) is 12.2 Å². The molecule has 0 bridgehead atoms. The van der Waals surface area contributed by atoms with Gasteiger partial charge in [0.15, 0.2) is 5.16 Å². The number of aromatic nitrogens is 2. The van der Waals surface area contributed by atoms with Crippen molar-refractivity contribution in [3.8, 4) is 0 Å². The number of hydrogen-bond acceptors (Lipinski definition) is 6. The van der Waals surface area contributed by atoms with Crippen molar-refractivity contribution >= 4 is 35.1 Å². The first-order valence-electron chi connectivity index (χ1n) is 13.6. The summed E-state index contributed by atoms with van der Waals surface area (Å²) in [6, 6.07) is 20.6. The predicted molar refractivity (Wildman–Crippen MR) is 156 cm³/mol. The molecule has 0 saturated carbocycles. The van der Waals surface area contributed by atoms with Crippen LogP contribution in [0, 0.1) is 5.92 Å². The van der Waals surface area contributed by atoms with Crippen LogP contribution in [0.4, 0.5) is 5.82 Å². The Kier molecular flexibility index (Phi) is 9.20. The van der Waals surface area contributed by atoms with Crippen molar-refractivity contribution in [1.82, 2.24) is 19.8 Å². The van der Waals surface area contributed by atoms with Gasteiger partial charge in [0.1, 0.15) is 11.0 Å². The lowest BCUT2D eigenvalue weighted by atomic mass is 9.90. The number of likely N-dealkylation sites (N-methyl/N-ethyl adjacent to an activating group) is 1. The standard InChI is InChI=1S/C30H36ClN5OS/c1-2-34-16-18-36(19-17-34)29(37)26-10-8-25(9-11-26)22-38-30-32-27(31)21-28(33-30)35-14-12-24(13-15-35)20-23-6-4-3-5-7-23/h3-11,21,24H,2,12-20,22H2,1H3. The van der Waals surface area contributed by atoms with Crippen molar-refractivity contribution in [1.29, 1.82) is 0 Å². The van der Waals surface area contributed by atoms with E-state index in [1.54, 1.807) is 11.8 Å². The minimum absolute atomic E-state index is 0.121. The van der Waals surface area contributed by atoms with Gasteiger partial charge >= 0.3 is 0 Å². The molecule has 0 unspecified atom stereocenters. The molecule has 0 radical (unpaired) electrons. The lowest BCUT2D eigenvalue weighted by molar-refractivity contribution is 0.0643. The Bertz CT molecular complexity index is 1190. The van der Waals surface area contributed by atoms with Crippen LogP contribution in [-0.4, -0.2) is 71.5 Å². The van der Waals surface area contributed by atoms with E-state index in [0.717, 1.165) is 87.8 Å². The predicted octanol–water partition coefficient (Wildman–Crippen LogP) is 5.66. The monoisotopic (exact) mass is 549 g/mol. The maximum absolute atomic E-state index is 12.9. The molecule has 0 N–H and O–H groups in total. The van der Waals surface area contributed by atoms with Gasteiger partial charge in [-0.2, -0.15) is 0 Å². The zero-order valence-corrected chi connectivity index (χ0v) is 23.6. The number of halogens is 1. The van der Waals surface area contributed by atoms with Gasteiger partial charge in [0.2, 0.25) is 0 Å². The van der Waals surface area contributed by atoms with Crippen molar-refractivity contribution in [3.05, 3.63) is 82.5 Å². The highest BCUT2D eigenvalue weighted by atomic mass is 35.5. The van der Waals surface area contributed by atoms with Crippen LogP contribution in [0.25, 0.3) is 0 Å². The number of piperidine rings is 1. The zero-order chi connectivity index (χ0) is 26.3. The molecule has 5 rings (SSSR count). The Morgan fingerprint density at radius 1 is 0.921 bits per heavy atom. The molecule has 2 aliphatic heterocycles. The van der Waals surface area contributed by atoms with Crippen LogP contribution in [0.15, 0.2) is 65.8 Å². The fourth-order valence-electron chi connectivity index (χ4n) is 5.27. The van der Waals surface area contributed by atoms with Crippen LogP contribution in [0.3, 0.4) is 0 Å². The fraction of sp³-hybridized carbons (Fsp3) is 0.433. The molecule has 1 aromatic heterocycles. The highest BCUT2D eigenvalue weighted by Crippen LogP contribution is 2.29. The average Bonchev–Trinajstić information content (AvgIpc) is 2.97. The van der Waals surface area contributed by atoms with E-state index in [1.807, 2.05) is 35.2 Å². The Balaban J connectivity index is 1.13. The number of thioether (sulfide) groups is 1. The van der Waals surface area contributed by atoms with Crippen LogP contribution >= 0.6 is 23.4 Å². The third kappa shape index (κ3) is 7.07. The molecule has 6 nitrogen and oxygen atoms in total. The number of benzene rings is 2. The summed E-state index contributed by atoms with van der Waals surface area (Å²) in [4.78, 5) is 28.8. The lowest BCUT2D eigenvalue weighted by Gasteiger charge is -2.34. The number of hydrogen-bond donors (Lipinski definition) is 0. The number of rotatable bonds is 8. The molecule has 2 saturated heterocycles. The molecule has 200 valence electrons. The summed E-state index contributed by atoms with van der Waals surface area (Å²) in [6.45, 7) is 8.66. The Labute approximate surface area is 235 Å². The smallest absolute Gasteiger partial charge is 0.253 e. The van der Waals surface area contributed by atoms with Gasteiger partial charge in [-0.3, -0.25) is 4.79 Å². The number of amides is 1. The molecule has 3 aromatic rings. The van der Waals surface area contributed by atoms with Crippen molar-refractivity contribution in [2.45, 2.75) is 37.1 Å². The maximum atomic E-state index is 12.9. The van der Waals surface area contributed by atoms with E-state index in [2.05, 4.69) is 52.0 Å². The Morgan fingerprint density at radius 3 is 2.32 bits per heavy atom. The van der Waals surface area contributed by atoms with E-state index >= 15 is 0 Å². The molecular weight excluding hydrogens is 514 g/mol. The second-order valence-corrected chi connectivity index (χ2v) is 11.5. The summed E-state index contributed by atoms with van der Waals surface area (Å²) in [5.41, 5.74) is 3.30. The molecule has 1 amide bonds. The van der Waals surface area contributed by atoms with Gasteiger partial charge in [-0.05, 0) is 55.0 Å². The van der Waals surface area contributed by atoms with Crippen molar-refractivity contribution in [2.75, 3.05) is 50.7 Å². The molecule has 8 heteroatoms. The lowest BCUT2D eigenvalue weighted by Crippen LogP contribution is -2.48. The summed E-state index contributed by atoms with van der Waals surface area (Å²) >= 11 is 7.98. The molecule has 0 atom stereocenters. The van der Waals surface area contributed by atoms with Crippen LogP contribution < -0.4 is 4.90 Å². The second-order valence-electron chi connectivity index (χ2n) is 10.2. The van der Waals surface area contributed by atoms with Gasteiger partial charge in [0, 0.05) is 56.7 Å². The minimum Gasteiger partial charge on any atom is -0.356 e. The Morgan fingerprint density at radius 2 is 1.63 bits per heavy atom. The summed E-state index contributed by atoms with van der Waals surface area (Å²) in [5.74, 6) is 2.46. The number of nitrogens with zero attached hydrogens (tertiary/aromatic N) is 5. The maximum Gasteiger partial charge on any atom is 0.253 e. The van der Waals surface area contributed by atoms with Crippen molar-refractivity contribution < 1.29 is 4.79 Å². The first kappa shape index (κ1) is 27.0. The van der Waals surface area contributed by atoms with Crippen molar-refractivity contribution in [3.63, 3.8) is 0 Å². The largest absolute Gasteiger partial charge is 0.356 e. The van der Waals surface area contributed by atoms with E-state index in [1.165, 1.54) is 5.56 Å². The number of anilines is 1. The molecule has 2 aliphatic rings. The van der Waals surface area contributed by atoms with Gasteiger partial charge in [-0.1, -0.05) is 72.8 Å². The Hall–Kier alpha value is -2.61. The van der Waals surface area contributed by atoms with Gasteiger partial charge < -0.3 is 14.7 Å². The summed E-state index contributed by atoms with van der Waals surface area (Å²) < 4.78 is 0. The van der Waals surface area contributed by atoms with Gasteiger partial charge in [-0.15, -0.1) is 0 Å². The highest BCUT2D eigenvalue weighted by molar-refractivity contribution is 7.98. The topological polar surface area (TPSA) is 52.6 Å². The quantitative estimate of drug-likeness (QED) is 0.205. The van der Waals surface area contributed by atoms with Gasteiger partial charge in [0.25, 0.3) is 5.91 Å². The number of carbonyl (C=O) groups excluding carboxylic acids is 1. The normalized spacial score (nSPS) is 17.1. The fourth-order valence-corrected chi connectivity index (χ4v) is 6.30. The second kappa shape index (κ2) is 13.0. The third-order valence-electron chi connectivity index (χ3n) is 7.64.